The monoisotopic (exact) mass is 334 g/mol. The summed E-state index contributed by atoms with van der Waals surface area (Å²) in [6, 6.07) is 16.7. The predicted octanol–water partition coefficient (Wildman–Crippen LogP) is 6.19. The third kappa shape index (κ3) is 3.60. The van der Waals surface area contributed by atoms with Crippen LogP contribution in [0.4, 0.5) is 0 Å². The summed E-state index contributed by atoms with van der Waals surface area (Å²) in [6.07, 6.45) is 2.01. The van der Waals surface area contributed by atoms with E-state index < -0.39 is 0 Å². The second-order valence-electron chi connectivity index (χ2n) is 5.31. The van der Waals surface area contributed by atoms with E-state index >= 15 is 0 Å². The van der Waals surface area contributed by atoms with Crippen LogP contribution in [0.3, 0.4) is 0 Å². The van der Waals surface area contributed by atoms with Crippen LogP contribution in [-0.4, -0.2) is 5.88 Å². The quantitative estimate of drug-likeness (QED) is 0.487. The number of fused-ring (bicyclic) bond motifs is 1. The van der Waals surface area contributed by atoms with Gasteiger partial charge in [0.1, 0.15) is 0 Å². The normalized spacial score (nSPS) is 12.7. The lowest BCUT2D eigenvalue weighted by Crippen LogP contribution is -2.09. The van der Waals surface area contributed by atoms with Crippen molar-refractivity contribution < 1.29 is 0 Å². The fourth-order valence-corrected chi connectivity index (χ4v) is 3.96. The van der Waals surface area contributed by atoms with Crippen molar-refractivity contribution >= 4 is 44.6 Å². The second-order valence-corrected chi connectivity index (χ2v) is 6.97. The Labute approximate surface area is 139 Å². The molecule has 0 nitrogen and oxygen atoms in total. The lowest BCUT2D eigenvalue weighted by Gasteiger charge is -2.13. The van der Waals surface area contributed by atoms with Crippen molar-refractivity contribution in [2.45, 2.75) is 12.8 Å². The highest BCUT2D eigenvalue weighted by Crippen LogP contribution is 2.28. The first-order valence-electron chi connectivity index (χ1n) is 7.02. The molecule has 21 heavy (non-hydrogen) atoms. The van der Waals surface area contributed by atoms with E-state index in [1.807, 2.05) is 23.5 Å². The van der Waals surface area contributed by atoms with Crippen LogP contribution >= 0.6 is 34.5 Å². The number of thiophene rings is 1. The number of halogens is 2. The molecule has 0 N–H and O–H groups in total. The van der Waals surface area contributed by atoms with Crippen LogP contribution < -0.4 is 0 Å². The van der Waals surface area contributed by atoms with Gasteiger partial charge in [-0.1, -0.05) is 41.9 Å². The number of hydrogen-bond donors (Lipinski definition) is 0. The molecular formula is C18H16Cl2S. The maximum absolute atomic E-state index is 6.19. The van der Waals surface area contributed by atoms with Crippen LogP contribution in [0.1, 0.15) is 11.1 Å². The van der Waals surface area contributed by atoms with E-state index in [4.69, 9.17) is 23.2 Å². The van der Waals surface area contributed by atoms with Gasteiger partial charge in [-0.2, -0.15) is 0 Å². The highest BCUT2D eigenvalue weighted by molar-refractivity contribution is 7.17. The van der Waals surface area contributed by atoms with E-state index in [1.165, 1.54) is 21.2 Å². The summed E-state index contributed by atoms with van der Waals surface area (Å²) < 4.78 is 1.35. The Morgan fingerprint density at radius 1 is 0.952 bits per heavy atom. The van der Waals surface area contributed by atoms with E-state index in [1.54, 1.807) is 0 Å². The molecule has 3 heteroatoms. The molecule has 1 heterocycles. The van der Waals surface area contributed by atoms with E-state index in [2.05, 4.69) is 41.8 Å². The zero-order valence-corrected chi connectivity index (χ0v) is 13.9. The zero-order valence-electron chi connectivity index (χ0n) is 11.6. The van der Waals surface area contributed by atoms with E-state index in [-0.39, 0.29) is 0 Å². The van der Waals surface area contributed by atoms with Gasteiger partial charge in [0.05, 0.1) is 0 Å². The van der Waals surface area contributed by atoms with Gasteiger partial charge in [0, 0.05) is 15.6 Å². The summed E-state index contributed by atoms with van der Waals surface area (Å²) in [6.45, 7) is 0. The first-order valence-corrected chi connectivity index (χ1v) is 8.81. The molecule has 0 aliphatic heterocycles. The smallest absolute Gasteiger partial charge is 0.0406 e. The molecule has 0 fully saturated rings. The van der Waals surface area contributed by atoms with Crippen molar-refractivity contribution in [3.63, 3.8) is 0 Å². The van der Waals surface area contributed by atoms with Crippen LogP contribution in [0.5, 0.6) is 0 Å². The van der Waals surface area contributed by atoms with E-state index in [9.17, 15) is 0 Å². The van der Waals surface area contributed by atoms with Gasteiger partial charge >= 0.3 is 0 Å². The van der Waals surface area contributed by atoms with Crippen molar-refractivity contribution in [3.05, 3.63) is 70.1 Å². The first kappa shape index (κ1) is 14.9. The molecule has 1 unspecified atom stereocenters. The maximum Gasteiger partial charge on any atom is 0.0406 e. The van der Waals surface area contributed by atoms with Crippen molar-refractivity contribution in [2.24, 2.45) is 5.92 Å². The average Bonchev–Trinajstić information content (AvgIpc) is 2.92. The Hall–Kier alpha value is -1.02. The summed E-state index contributed by atoms with van der Waals surface area (Å²) >= 11 is 13.9. The summed E-state index contributed by atoms with van der Waals surface area (Å²) in [5.41, 5.74) is 2.71. The zero-order chi connectivity index (χ0) is 14.7. The predicted molar refractivity (Wildman–Crippen MR) is 94.9 cm³/mol. The largest absolute Gasteiger partial charge is 0.144 e. The van der Waals surface area contributed by atoms with Crippen LogP contribution in [0, 0.1) is 5.92 Å². The van der Waals surface area contributed by atoms with Gasteiger partial charge < -0.3 is 0 Å². The molecule has 0 saturated heterocycles. The molecule has 2 aromatic carbocycles. The average molecular weight is 335 g/mol. The third-order valence-corrected chi connectivity index (χ3v) is 5.43. The van der Waals surface area contributed by atoms with Gasteiger partial charge in [-0.25, -0.2) is 0 Å². The standard InChI is InChI=1S/C18H16Cl2S/c19-11-14(9-13-5-7-16(20)8-6-13)10-15-12-21-18-4-2-1-3-17(15)18/h1-8,12,14H,9-11H2. The van der Waals surface area contributed by atoms with Crippen molar-refractivity contribution in [1.29, 1.82) is 0 Å². The molecule has 1 atom stereocenters. The Kier molecular flexibility index (Phi) is 4.84. The van der Waals surface area contributed by atoms with Crippen molar-refractivity contribution in [1.82, 2.24) is 0 Å². The second kappa shape index (κ2) is 6.83. The van der Waals surface area contributed by atoms with Crippen molar-refractivity contribution in [2.75, 3.05) is 5.88 Å². The maximum atomic E-state index is 6.19. The molecule has 1 aromatic heterocycles. The van der Waals surface area contributed by atoms with Gasteiger partial charge in [0.25, 0.3) is 0 Å². The number of rotatable bonds is 5. The molecule has 0 spiro atoms. The molecule has 0 amide bonds. The minimum atomic E-state index is 0.450. The van der Waals surface area contributed by atoms with Crippen LogP contribution in [0.2, 0.25) is 5.02 Å². The summed E-state index contributed by atoms with van der Waals surface area (Å²) in [5, 5.41) is 4.42. The van der Waals surface area contributed by atoms with Crippen molar-refractivity contribution in [3.8, 4) is 0 Å². The van der Waals surface area contributed by atoms with E-state index in [0.29, 0.717) is 11.8 Å². The molecule has 108 valence electrons. The Bertz CT molecular complexity index is 715. The van der Waals surface area contributed by atoms with Gasteiger partial charge in [0.2, 0.25) is 0 Å². The highest BCUT2D eigenvalue weighted by atomic mass is 35.5. The third-order valence-electron chi connectivity index (χ3n) is 3.73. The van der Waals surface area contributed by atoms with Gasteiger partial charge in [-0.05, 0) is 58.9 Å². The van der Waals surface area contributed by atoms with Gasteiger partial charge in [-0.15, -0.1) is 22.9 Å². The molecule has 0 bridgehead atoms. The molecule has 0 radical (unpaired) electrons. The molecular weight excluding hydrogens is 319 g/mol. The molecule has 0 aliphatic carbocycles. The Morgan fingerprint density at radius 3 is 2.48 bits per heavy atom. The van der Waals surface area contributed by atoms with E-state index in [0.717, 1.165) is 17.9 Å². The van der Waals surface area contributed by atoms with Gasteiger partial charge in [-0.3, -0.25) is 0 Å². The highest BCUT2D eigenvalue weighted by Gasteiger charge is 2.13. The van der Waals surface area contributed by atoms with Gasteiger partial charge in [0.15, 0.2) is 0 Å². The minimum Gasteiger partial charge on any atom is -0.144 e. The number of hydrogen-bond acceptors (Lipinski definition) is 1. The molecule has 0 saturated carbocycles. The molecule has 3 aromatic rings. The number of benzene rings is 2. The Morgan fingerprint density at radius 2 is 1.71 bits per heavy atom. The topological polar surface area (TPSA) is 0 Å². The minimum absolute atomic E-state index is 0.450. The SMILES string of the molecule is ClCC(Cc1ccc(Cl)cc1)Cc1csc2ccccc12. The molecule has 3 rings (SSSR count). The summed E-state index contributed by atoms with van der Waals surface area (Å²) in [4.78, 5) is 0. The summed E-state index contributed by atoms with van der Waals surface area (Å²) in [5.74, 6) is 1.12. The lowest BCUT2D eigenvalue weighted by atomic mass is 9.94. The number of alkyl halides is 1. The fourth-order valence-electron chi connectivity index (χ4n) is 2.64. The van der Waals surface area contributed by atoms with Crippen LogP contribution in [0.25, 0.3) is 10.1 Å². The lowest BCUT2D eigenvalue weighted by molar-refractivity contribution is 0.587. The first-order chi connectivity index (χ1) is 10.3. The van der Waals surface area contributed by atoms with Crippen LogP contribution in [0.15, 0.2) is 53.9 Å². The Balaban J connectivity index is 1.76. The molecule has 0 aliphatic rings. The van der Waals surface area contributed by atoms with Crippen LogP contribution in [-0.2, 0) is 12.8 Å². The summed E-state index contributed by atoms with van der Waals surface area (Å²) in [7, 11) is 0. The fraction of sp³-hybridized carbons (Fsp3) is 0.222.